The van der Waals surface area contributed by atoms with Crippen LogP contribution in [0.4, 0.5) is 0 Å². The van der Waals surface area contributed by atoms with Gasteiger partial charge in [-0.05, 0) is 31.1 Å². The van der Waals surface area contributed by atoms with Crippen molar-refractivity contribution in [3.63, 3.8) is 0 Å². The van der Waals surface area contributed by atoms with E-state index in [0.29, 0.717) is 0 Å². The normalized spacial score (nSPS) is 14.7. The van der Waals surface area contributed by atoms with Crippen molar-refractivity contribution < 1.29 is 4.43 Å². The molecule has 2 aromatic heterocycles. The molecule has 2 rings (SSSR count). The second-order valence-corrected chi connectivity index (χ2v) is 11.8. The lowest BCUT2D eigenvalue weighted by atomic mass is 10.2. The first-order valence-electron chi connectivity index (χ1n) is 7.13. The molecule has 2 aromatic rings. The van der Waals surface area contributed by atoms with E-state index in [9.17, 15) is 0 Å². The van der Waals surface area contributed by atoms with Crippen LogP contribution in [0.1, 0.15) is 33.7 Å². The van der Waals surface area contributed by atoms with Gasteiger partial charge in [-0.15, -0.1) is 0 Å². The molecule has 0 amide bonds. The fourth-order valence-electron chi connectivity index (χ4n) is 1.88. The average molecular weight is 291 g/mol. The van der Waals surface area contributed by atoms with Gasteiger partial charge in [-0.25, -0.2) is 9.97 Å². The van der Waals surface area contributed by atoms with Crippen molar-refractivity contribution in [2.45, 2.75) is 51.9 Å². The molecule has 1 atom stereocenters. The van der Waals surface area contributed by atoms with E-state index in [2.05, 4.69) is 67.6 Å². The zero-order valence-electron chi connectivity index (χ0n) is 13.3. The minimum absolute atomic E-state index is 0.244. The molecular formula is C15H25N3OSi. The molecule has 0 spiro atoms. The summed E-state index contributed by atoms with van der Waals surface area (Å²) >= 11 is 0. The van der Waals surface area contributed by atoms with E-state index >= 15 is 0 Å². The Labute approximate surface area is 122 Å². The van der Waals surface area contributed by atoms with Crippen molar-refractivity contribution in [1.29, 1.82) is 0 Å². The monoisotopic (exact) mass is 291 g/mol. The summed E-state index contributed by atoms with van der Waals surface area (Å²) in [4.78, 5) is 8.42. The highest BCUT2D eigenvalue weighted by atomic mass is 28.4. The van der Waals surface area contributed by atoms with E-state index in [0.717, 1.165) is 17.6 Å². The number of fused-ring (bicyclic) bond motifs is 1. The minimum atomic E-state index is -1.69. The zero-order chi connectivity index (χ0) is 15.0. The van der Waals surface area contributed by atoms with Crippen molar-refractivity contribution in [1.82, 2.24) is 14.5 Å². The van der Waals surface area contributed by atoms with Crippen LogP contribution < -0.4 is 0 Å². The van der Waals surface area contributed by atoms with Gasteiger partial charge in [0.2, 0.25) is 0 Å². The van der Waals surface area contributed by atoms with Crippen LogP contribution in [0.15, 0.2) is 24.8 Å². The first-order chi connectivity index (χ1) is 9.22. The summed E-state index contributed by atoms with van der Waals surface area (Å²) in [5, 5.41) is 1.32. The Hall–Kier alpha value is -1.20. The lowest BCUT2D eigenvalue weighted by molar-refractivity contribution is 0.241. The maximum atomic E-state index is 6.30. The Morgan fingerprint density at radius 2 is 2.05 bits per heavy atom. The minimum Gasteiger partial charge on any atom is -0.415 e. The van der Waals surface area contributed by atoms with Gasteiger partial charge in [-0.3, -0.25) is 0 Å². The highest BCUT2D eigenvalue weighted by molar-refractivity contribution is 6.74. The summed E-state index contributed by atoms with van der Waals surface area (Å²) in [5.41, 5.74) is 0.978. The molecule has 4 nitrogen and oxygen atoms in total. The Balaban J connectivity index is 2.11. The molecule has 0 saturated carbocycles. The van der Waals surface area contributed by atoms with Crippen LogP contribution in [0.2, 0.25) is 18.1 Å². The summed E-state index contributed by atoms with van der Waals surface area (Å²) in [6, 6.07) is 2.33. The van der Waals surface area contributed by atoms with Crippen molar-refractivity contribution in [2.75, 3.05) is 6.61 Å². The molecule has 0 aliphatic carbocycles. The quantitative estimate of drug-likeness (QED) is 0.799. The van der Waals surface area contributed by atoms with Gasteiger partial charge in [-0.2, -0.15) is 0 Å². The molecule has 1 unspecified atom stereocenters. The van der Waals surface area contributed by atoms with Gasteiger partial charge in [0.05, 0.1) is 12.6 Å². The van der Waals surface area contributed by atoms with Gasteiger partial charge in [0.25, 0.3) is 0 Å². The third-order valence-electron chi connectivity index (χ3n) is 4.34. The third kappa shape index (κ3) is 2.93. The van der Waals surface area contributed by atoms with Crippen LogP contribution in [0, 0.1) is 0 Å². The van der Waals surface area contributed by atoms with E-state index < -0.39 is 8.32 Å². The van der Waals surface area contributed by atoms with E-state index in [1.807, 2.05) is 6.20 Å². The van der Waals surface area contributed by atoms with Gasteiger partial charge in [0.15, 0.2) is 8.32 Å². The molecule has 2 heterocycles. The molecule has 0 radical (unpaired) electrons. The SMILES string of the molecule is CC(CO[Si](C)(C)C(C)(C)C)n1ccc2cncnc21. The lowest BCUT2D eigenvalue weighted by Gasteiger charge is -2.37. The Kier molecular flexibility index (Phi) is 4.02. The van der Waals surface area contributed by atoms with Crippen molar-refractivity contribution in [3.05, 3.63) is 24.8 Å². The standard InChI is InChI=1S/C15H25N3OSi/c1-12(10-19-20(5,6)15(2,3)4)18-8-7-13-9-16-11-17-14(13)18/h7-9,11-12H,10H2,1-6H3. The van der Waals surface area contributed by atoms with Gasteiger partial charge in [0, 0.05) is 17.8 Å². The molecular weight excluding hydrogens is 266 g/mol. The second kappa shape index (κ2) is 5.29. The summed E-state index contributed by atoms with van der Waals surface area (Å²) in [7, 11) is -1.69. The number of hydrogen-bond donors (Lipinski definition) is 0. The molecule has 5 heteroatoms. The van der Waals surface area contributed by atoms with Crippen LogP contribution in [0.3, 0.4) is 0 Å². The summed E-state index contributed by atoms with van der Waals surface area (Å²) in [5.74, 6) is 0. The van der Waals surface area contributed by atoms with Crippen LogP contribution in [-0.2, 0) is 4.43 Å². The second-order valence-electron chi connectivity index (χ2n) is 6.95. The molecule has 0 N–H and O–H groups in total. The van der Waals surface area contributed by atoms with Crippen LogP contribution in [-0.4, -0.2) is 29.5 Å². The molecule has 0 fully saturated rings. The smallest absolute Gasteiger partial charge is 0.192 e. The molecule has 0 bridgehead atoms. The largest absolute Gasteiger partial charge is 0.415 e. The predicted molar refractivity (Wildman–Crippen MR) is 85.4 cm³/mol. The summed E-state index contributed by atoms with van der Waals surface area (Å²) in [6.07, 6.45) is 5.51. The highest BCUT2D eigenvalue weighted by Crippen LogP contribution is 2.37. The van der Waals surface area contributed by atoms with Gasteiger partial charge < -0.3 is 8.99 Å². The number of rotatable bonds is 4. The highest BCUT2D eigenvalue weighted by Gasteiger charge is 2.37. The topological polar surface area (TPSA) is 39.9 Å². The van der Waals surface area contributed by atoms with Gasteiger partial charge >= 0.3 is 0 Å². The molecule has 0 aromatic carbocycles. The van der Waals surface area contributed by atoms with Crippen LogP contribution in [0.5, 0.6) is 0 Å². The Morgan fingerprint density at radius 1 is 1.35 bits per heavy atom. The van der Waals surface area contributed by atoms with E-state index in [-0.39, 0.29) is 11.1 Å². The van der Waals surface area contributed by atoms with Crippen LogP contribution in [0.25, 0.3) is 11.0 Å². The third-order valence-corrected chi connectivity index (χ3v) is 8.84. The molecule has 0 aliphatic rings. The van der Waals surface area contributed by atoms with Crippen molar-refractivity contribution in [3.8, 4) is 0 Å². The predicted octanol–water partition coefficient (Wildman–Crippen LogP) is 4.01. The maximum absolute atomic E-state index is 6.30. The molecule has 0 saturated heterocycles. The number of aromatic nitrogens is 3. The van der Waals surface area contributed by atoms with E-state index in [1.165, 1.54) is 0 Å². The fraction of sp³-hybridized carbons (Fsp3) is 0.600. The molecule has 20 heavy (non-hydrogen) atoms. The first-order valence-corrected chi connectivity index (χ1v) is 10.0. The fourth-order valence-corrected chi connectivity index (χ4v) is 2.97. The first kappa shape index (κ1) is 15.2. The van der Waals surface area contributed by atoms with E-state index in [1.54, 1.807) is 6.33 Å². The summed E-state index contributed by atoms with van der Waals surface area (Å²) in [6.45, 7) is 14.3. The van der Waals surface area contributed by atoms with Gasteiger partial charge in [-0.1, -0.05) is 20.8 Å². The van der Waals surface area contributed by atoms with Crippen molar-refractivity contribution >= 4 is 19.4 Å². The Bertz CT molecular complexity index is 586. The number of nitrogens with zero attached hydrogens (tertiary/aromatic N) is 3. The van der Waals surface area contributed by atoms with Crippen LogP contribution >= 0.6 is 0 Å². The van der Waals surface area contributed by atoms with Gasteiger partial charge in [0.1, 0.15) is 12.0 Å². The maximum Gasteiger partial charge on any atom is 0.192 e. The number of hydrogen-bond acceptors (Lipinski definition) is 3. The molecule has 0 aliphatic heterocycles. The Morgan fingerprint density at radius 3 is 2.70 bits per heavy atom. The summed E-state index contributed by atoms with van der Waals surface area (Å²) < 4.78 is 8.47. The average Bonchev–Trinajstić information content (AvgIpc) is 2.78. The zero-order valence-corrected chi connectivity index (χ0v) is 14.3. The lowest BCUT2D eigenvalue weighted by Crippen LogP contribution is -2.41. The van der Waals surface area contributed by atoms with E-state index in [4.69, 9.17) is 4.43 Å². The van der Waals surface area contributed by atoms with Crippen molar-refractivity contribution in [2.24, 2.45) is 0 Å². The molecule has 110 valence electrons.